The number of carbonyl (C=O) groups excluding carboxylic acids is 1. The van der Waals surface area contributed by atoms with Gasteiger partial charge in [-0.05, 0) is 18.2 Å². The molecule has 4 N–H and O–H groups in total. The van der Waals surface area contributed by atoms with Gasteiger partial charge in [0.05, 0.1) is 25.5 Å². The van der Waals surface area contributed by atoms with Crippen molar-refractivity contribution in [2.45, 2.75) is 6.10 Å². The maximum Gasteiger partial charge on any atom is 0.255 e. The summed E-state index contributed by atoms with van der Waals surface area (Å²) in [6.45, 7) is 1.07. The van der Waals surface area contributed by atoms with Crippen LogP contribution < -0.4 is 11.1 Å². The van der Waals surface area contributed by atoms with Crippen LogP contribution in [0.25, 0.3) is 0 Å². The minimum atomic E-state index is -0.664. The highest BCUT2D eigenvalue weighted by Crippen LogP contribution is 2.22. The quantitative estimate of drug-likeness (QED) is 0.327. The summed E-state index contributed by atoms with van der Waals surface area (Å²) in [5.41, 5.74) is 6.42. The van der Waals surface area contributed by atoms with Gasteiger partial charge in [0.2, 0.25) is 0 Å². The molecule has 1 aliphatic heterocycles. The number of carbonyl (C=O) groups is 1. The maximum atomic E-state index is 12.1. The summed E-state index contributed by atoms with van der Waals surface area (Å²) in [5, 5.41) is 14.4. The van der Waals surface area contributed by atoms with Gasteiger partial charge in [0.25, 0.3) is 5.91 Å². The van der Waals surface area contributed by atoms with Crippen molar-refractivity contribution in [3.63, 3.8) is 0 Å². The lowest BCUT2D eigenvalue weighted by Gasteiger charge is -2.22. The number of oxime groups is 1. The Labute approximate surface area is 123 Å². The predicted octanol–water partition coefficient (Wildman–Crippen LogP) is 0.897. The van der Waals surface area contributed by atoms with Crippen LogP contribution in [0.3, 0.4) is 0 Å². The topological polar surface area (TPSA) is 106 Å². The van der Waals surface area contributed by atoms with Crippen LogP contribution in [0.1, 0.15) is 5.56 Å². The van der Waals surface area contributed by atoms with E-state index >= 15 is 0 Å². The molecular weight excluding hydrogens is 330 g/mol. The van der Waals surface area contributed by atoms with Crippen LogP contribution in [-0.2, 0) is 14.3 Å². The van der Waals surface area contributed by atoms with Crippen LogP contribution in [0.5, 0.6) is 0 Å². The molecule has 0 spiro atoms. The second-order valence-electron chi connectivity index (χ2n) is 4.10. The number of nitrogens with one attached hydrogen (secondary N) is 1. The molecule has 20 heavy (non-hydrogen) atoms. The molecule has 0 bridgehead atoms. The van der Waals surface area contributed by atoms with Gasteiger partial charge in [-0.15, -0.1) is 0 Å². The van der Waals surface area contributed by atoms with Crippen molar-refractivity contribution in [3.05, 3.63) is 28.2 Å². The van der Waals surface area contributed by atoms with Crippen molar-refractivity contribution in [1.82, 2.24) is 0 Å². The smallest absolute Gasteiger partial charge is 0.255 e. The molecule has 2 rings (SSSR count). The second kappa shape index (κ2) is 6.69. The molecule has 0 radical (unpaired) electrons. The summed E-state index contributed by atoms with van der Waals surface area (Å²) in [6, 6.07) is 5.02. The molecule has 8 heteroatoms. The van der Waals surface area contributed by atoms with Crippen molar-refractivity contribution >= 4 is 33.4 Å². The molecule has 0 saturated carbocycles. The van der Waals surface area contributed by atoms with E-state index in [0.717, 1.165) is 4.47 Å². The summed E-state index contributed by atoms with van der Waals surface area (Å²) in [6.07, 6.45) is -0.664. The number of hydrogen-bond acceptors (Lipinski definition) is 5. The second-order valence-corrected chi connectivity index (χ2v) is 5.01. The predicted molar refractivity (Wildman–Crippen MR) is 75.8 cm³/mol. The summed E-state index contributed by atoms with van der Waals surface area (Å²) >= 11 is 3.30. The van der Waals surface area contributed by atoms with Crippen LogP contribution in [-0.4, -0.2) is 42.9 Å². The highest BCUT2D eigenvalue weighted by atomic mass is 79.9. The van der Waals surface area contributed by atoms with Gasteiger partial charge >= 0.3 is 0 Å². The van der Waals surface area contributed by atoms with E-state index < -0.39 is 6.10 Å². The Morgan fingerprint density at radius 3 is 2.95 bits per heavy atom. The van der Waals surface area contributed by atoms with E-state index in [1.807, 2.05) is 0 Å². The molecule has 1 fully saturated rings. The molecule has 0 aliphatic carbocycles. The largest absolute Gasteiger partial charge is 0.409 e. The first-order chi connectivity index (χ1) is 9.61. The molecule has 1 aromatic carbocycles. The average Bonchev–Trinajstić information content (AvgIpc) is 2.47. The SMILES string of the molecule is N/C(=N/O)c1ccc(Br)cc1NC(=O)C1COCCO1. The van der Waals surface area contributed by atoms with Crippen LogP contribution in [0.15, 0.2) is 27.8 Å². The van der Waals surface area contributed by atoms with Crippen LogP contribution >= 0.6 is 15.9 Å². The lowest BCUT2D eigenvalue weighted by Crippen LogP contribution is -2.39. The van der Waals surface area contributed by atoms with Crippen molar-refractivity contribution in [3.8, 4) is 0 Å². The molecule has 1 heterocycles. The van der Waals surface area contributed by atoms with Crippen molar-refractivity contribution in [1.29, 1.82) is 0 Å². The van der Waals surface area contributed by atoms with Gasteiger partial charge in [-0.1, -0.05) is 21.1 Å². The molecule has 1 unspecified atom stereocenters. The van der Waals surface area contributed by atoms with Gasteiger partial charge in [0, 0.05) is 10.0 Å². The number of hydrogen-bond donors (Lipinski definition) is 3. The van der Waals surface area contributed by atoms with Crippen LogP contribution in [0.2, 0.25) is 0 Å². The van der Waals surface area contributed by atoms with Gasteiger partial charge in [-0.25, -0.2) is 0 Å². The molecular formula is C12H14BrN3O4. The molecule has 1 saturated heterocycles. The van der Waals surface area contributed by atoms with E-state index in [2.05, 4.69) is 26.4 Å². The number of amides is 1. The fourth-order valence-corrected chi connectivity index (χ4v) is 2.11. The Hall–Kier alpha value is -1.64. The zero-order valence-electron chi connectivity index (χ0n) is 10.5. The van der Waals surface area contributed by atoms with Gasteiger partial charge in [0.15, 0.2) is 11.9 Å². The van der Waals surface area contributed by atoms with Crippen molar-refractivity contribution in [2.24, 2.45) is 10.9 Å². The number of amidine groups is 1. The lowest BCUT2D eigenvalue weighted by atomic mass is 10.1. The molecule has 108 valence electrons. The number of halogens is 1. The summed E-state index contributed by atoms with van der Waals surface area (Å²) in [4.78, 5) is 12.1. The van der Waals surface area contributed by atoms with Gasteiger partial charge < -0.3 is 25.7 Å². The Balaban J connectivity index is 2.19. The standard InChI is InChI=1S/C12H14BrN3O4/c13-7-1-2-8(11(14)16-18)9(5-7)15-12(17)10-6-19-3-4-20-10/h1-2,5,10,18H,3-4,6H2,(H2,14,16)(H,15,17). The zero-order valence-corrected chi connectivity index (χ0v) is 12.1. The van der Waals surface area contributed by atoms with E-state index in [-0.39, 0.29) is 18.3 Å². The van der Waals surface area contributed by atoms with E-state index in [1.54, 1.807) is 18.2 Å². The van der Waals surface area contributed by atoms with Crippen LogP contribution in [0, 0.1) is 0 Å². The van der Waals surface area contributed by atoms with Crippen molar-refractivity contribution < 1.29 is 19.5 Å². The molecule has 1 aliphatic rings. The monoisotopic (exact) mass is 343 g/mol. The minimum Gasteiger partial charge on any atom is -0.409 e. The Morgan fingerprint density at radius 1 is 1.50 bits per heavy atom. The number of nitrogens with zero attached hydrogens (tertiary/aromatic N) is 1. The highest BCUT2D eigenvalue weighted by molar-refractivity contribution is 9.10. The third-order valence-corrected chi connectivity index (χ3v) is 3.22. The zero-order chi connectivity index (χ0) is 14.5. The molecule has 1 aromatic rings. The van der Waals surface area contributed by atoms with Gasteiger partial charge in [0.1, 0.15) is 0 Å². The van der Waals surface area contributed by atoms with E-state index in [0.29, 0.717) is 24.5 Å². The third kappa shape index (κ3) is 3.47. The number of anilines is 1. The minimum absolute atomic E-state index is 0.0892. The molecule has 0 aromatic heterocycles. The first kappa shape index (κ1) is 14.8. The van der Waals surface area contributed by atoms with E-state index in [9.17, 15) is 4.79 Å². The summed E-state index contributed by atoms with van der Waals surface area (Å²) in [5.74, 6) is -0.427. The van der Waals surface area contributed by atoms with Gasteiger partial charge in [-0.3, -0.25) is 4.79 Å². The molecule has 1 amide bonds. The van der Waals surface area contributed by atoms with E-state index in [4.69, 9.17) is 20.4 Å². The molecule has 1 atom stereocenters. The normalized spacial score (nSPS) is 19.6. The van der Waals surface area contributed by atoms with Gasteiger partial charge in [-0.2, -0.15) is 0 Å². The fraction of sp³-hybridized carbons (Fsp3) is 0.333. The highest BCUT2D eigenvalue weighted by Gasteiger charge is 2.23. The number of rotatable bonds is 3. The average molecular weight is 344 g/mol. The van der Waals surface area contributed by atoms with Crippen molar-refractivity contribution in [2.75, 3.05) is 25.1 Å². The Kier molecular flexibility index (Phi) is 4.94. The fourth-order valence-electron chi connectivity index (χ4n) is 1.75. The number of nitrogens with two attached hydrogens (primary N) is 1. The number of benzene rings is 1. The van der Waals surface area contributed by atoms with E-state index in [1.165, 1.54) is 0 Å². The van der Waals surface area contributed by atoms with Crippen LogP contribution in [0.4, 0.5) is 5.69 Å². The lowest BCUT2D eigenvalue weighted by molar-refractivity contribution is -0.142. The Bertz CT molecular complexity index is 529. The summed E-state index contributed by atoms with van der Waals surface area (Å²) < 4.78 is 11.2. The first-order valence-corrected chi connectivity index (χ1v) is 6.69. The first-order valence-electron chi connectivity index (χ1n) is 5.89. The summed E-state index contributed by atoms with van der Waals surface area (Å²) in [7, 11) is 0. The Morgan fingerprint density at radius 2 is 2.30 bits per heavy atom. The maximum absolute atomic E-state index is 12.1. The number of ether oxygens (including phenoxy) is 2. The molecule has 7 nitrogen and oxygen atoms in total. The third-order valence-electron chi connectivity index (χ3n) is 2.73.